The van der Waals surface area contributed by atoms with Crippen LogP contribution in [0, 0.1) is 10.1 Å². The van der Waals surface area contributed by atoms with Gasteiger partial charge in [0.25, 0.3) is 5.09 Å². The number of hydrogen-bond donors (Lipinski definition) is 0. The van der Waals surface area contributed by atoms with Crippen molar-refractivity contribution >= 4 is 29.9 Å². The molecule has 0 saturated heterocycles. The molecule has 5 aromatic rings. The van der Waals surface area contributed by atoms with Gasteiger partial charge in [0.05, 0.1) is 6.61 Å². The molecule has 56 heavy (non-hydrogen) atoms. The lowest BCUT2D eigenvalue weighted by molar-refractivity contribution is -0.763. The summed E-state index contributed by atoms with van der Waals surface area (Å²) in [7, 11) is 0. The summed E-state index contributed by atoms with van der Waals surface area (Å²) < 4.78 is 27.3. The average molecular weight is 792 g/mol. The Labute approximate surface area is 325 Å². The van der Waals surface area contributed by atoms with Gasteiger partial charge in [0.2, 0.25) is 18.3 Å². The Hall–Kier alpha value is -6.56. The third kappa shape index (κ3) is 10.8. The molecule has 0 spiro atoms. The number of rotatable bonds is 17. The molecule has 2 aromatic heterocycles. The summed E-state index contributed by atoms with van der Waals surface area (Å²) in [5.74, 6) is 0.162. The highest BCUT2D eigenvalue weighted by Crippen LogP contribution is 2.31. The molecule has 2 unspecified atom stereocenters. The summed E-state index contributed by atoms with van der Waals surface area (Å²) in [6.07, 6.45) is -1.98. The Morgan fingerprint density at radius 1 is 0.911 bits per heavy atom. The Kier molecular flexibility index (Phi) is 13.9. The first-order valence-corrected chi connectivity index (χ1v) is 17.9. The zero-order valence-electron chi connectivity index (χ0n) is 30.8. The molecule has 19 heteroatoms. The molecule has 0 aliphatic carbocycles. The van der Waals surface area contributed by atoms with E-state index in [1.54, 1.807) is 23.6 Å². The van der Waals surface area contributed by atoms with Gasteiger partial charge in [-0.3, -0.25) is 0 Å². The molecule has 0 saturated carbocycles. The van der Waals surface area contributed by atoms with Gasteiger partial charge >= 0.3 is 18.3 Å². The monoisotopic (exact) mass is 791 g/mol. The highest BCUT2D eigenvalue weighted by molar-refractivity contribution is 6.32. The second-order valence-electron chi connectivity index (χ2n) is 12.0. The standard InChI is InChI=1S/C37H38ClN7O11/c1-5-7-15-31-39-33(38)32(35(46)54-24(4)55-36(47)51-6-2)43(31)21-25-16-18-27(19-17-25)29-13-8-9-14-30(29)34-40-42-44(41-34)23(3)53-37(48)56-28-12-10-11-26(20-28)22-52-45(49)50/h8-14,16-20,23-24H,5-7,15,21-22H2,1-4H3. The zero-order chi connectivity index (χ0) is 40.2. The molecule has 0 radical (unpaired) electrons. The van der Waals surface area contributed by atoms with Crippen LogP contribution < -0.4 is 4.74 Å². The highest BCUT2D eigenvalue weighted by Gasteiger charge is 2.26. The predicted molar refractivity (Wildman–Crippen MR) is 197 cm³/mol. The van der Waals surface area contributed by atoms with E-state index in [1.807, 2.05) is 55.5 Å². The van der Waals surface area contributed by atoms with Crippen LogP contribution in [0.25, 0.3) is 22.5 Å². The molecular weight excluding hydrogens is 754 g/mol. The number of ether oxygens (including phenoxy) is 5. The molecule has 3 aromatic carbocycles. The van der Waals surface area contributed by atoms with Crippen molar-refractivity contribution in [3.8, 4) is 28.3 Å². The maximum atomic E-state index is 13.3. The average Bonchev–Trinajstić information content (AvgIpc) is 3.78. The van der Waals surface area contributed by atoms with Crippen LogP contribution in [0.2, 0.25) is 5.15 Å². The fourth-order valence-corrected chi connectivity index (χ4v) is 5.67. The van der Waals surface area contributed by atoms with Crippen molar-refractivity contribution in [2.75, 3.05) is 6.61 Å². The van der Waals surface area contributed by atoms with Gasteiger partial charge in [-0.15, -0.1) is 25.1 Å². The van der Waals surface area contributed by atoms with E-state index in [9.17, 15) is 24.5 Å². The van der Waals surface area contributed by atoms with E-state index < -0.39 is 35.9 Å². The van der Waals surface area contributed by atoms with E-state index in [2.05, 4.69) is 25.2 Å². The molecule has 18 nitrogen and oxygen atoms in total. The molecular formula is C37H38ClN7O11. The van der Waals surface area contributed by atoms with Crippen molar-refractivity contribution in [2.45, 2.75) is 72.6 Å². The van der Waals surface area contributed by atoms with Gasteiger partial charge in [-0.25, -0.2) is 19.4 Å². The summed E-state index contributed by atoms with van der Waals surface area (Å²) in [4.78, 5) is 57.9. The Morgan fingerprint density at radius 3 is 2.38 bits per heavy atom. The van der Waals surface area contributed by atoms with E-state index in [4.69, 9.17) is 35.3 Å². The molecule has 0 fully saturated rings. The number of hydrogen-bond acceptors (Lipinski definition) is 15. The summed E-state index contributed by atoms with van der Waals surface area (Å²) in [6.45, 7) is 6.63. The lowest BCUT2D eigenvalue weighted by Crippen LogP contribution is -2.24. The number of nitrogens with zero attached hydrogens (tertiary/aromatic N) is 7. The van der Waals surface area contributed by atoms with Crippen molar-refractivity contribution in [3.05, 3.63) is 111 Å². The van der Waals surface area contributed by atoms with Gasteiger partial charge in [0.15, 0.2) is 10.8 Å². The maximum Gasteiger partial charge on any atom is 0.515 e. The van der Waals surface area contributed by atoms with Crippen LogP contribution >= 0.6 is 11.6 Å². The number of carbonyl (C=O) groups is 3. The van der Waals surface area contributed by atoms with Crippen molar-refractivity contribution < 1.29 is 48.0 Å². The molecule has 0 N–H and O–H groups in total. The van der Waals surface area contributed by atoms with Gasteiger partial charge < -0.3 is 33.1 Å². The number of benzene rings is 3. The van der Waals surface area contributed by atoms with Gasteiger partial charge in [-0.2, -0.15) is 0 Å². The number of unbranched alkanes of at least 4 members (excludes halogenated alkanes) is 1. The number of esters is 1. The van der Waals surface area contributed by atoms with E-state index >= 15 is 0 Å². The molecule has 0 bridgehead atoms. The quantitative estimate of drug-likeness (QED) is 0.0225. The lowest BCUT2D eigenvalue weighted by atomic mass is 9.98. The minimum atomic E-state index is -1.23. The topological polar surface area (TPSA) is 211 Å². The van der Waals surface area contributed by atoms with Gasteiger partial charge in [-0.05, 0) is 59.9 Å². The van der Waals surface area contributed by atoms with Crippen LogP contribution in [-0.4, -0.2) is 66.0 Å². The van der Waals surface area contributed by atoms with Crippen LogP contribution in [0.3, 0.4) is 0 Å². The Morgan fingerprint density at radius 2 is 1.66 bits per heavy atom. The minimum Gasteiger partial charge on any atom is -0.435 e. The summed E-state index contributed by atoms with van der Waals surface area (Å²) in [5, 5.41) is 22.2. The third-order valence-electron chi connectivity index (χ3n) is 7.98. The molecule has 2 atom stereocenters. The van der Waals surface area contributed by atoms with Crippen LogP contribution in [0.5, 0.6) is 5.75 Å². The zero-order valence-corrected chi connectivity index (χ0v) is 31.6. The smallest absolute Gasteiger partial charge is 0.435 e. The van der Waals surface area contributed by atoms with Crippen molar-refractivity contribution in [1.29, 1.82) is 0 Å². The molecule has 5 rings (SSSR count). The normalized spacial score (nSPS) is 11.9. The van der Waals surface area contributed by atoms with Crippen molar-refractivity contribution in [2.24, 2.45) is 0 Å². The molecule has 294 valence electrons. The summed E-state index contributed by atoms with van der Waals surface area (Å²) >= 11 is 6.48. The number of imidazole rings is 1. The predicted octanol–water partition coefficient (Wildman–Crippen LogP) is 7.37. The first kappa shape index (κ1) is 40.6. The molecule has 0 amide bonds. The van der Waals surface area contributed by atoms with Gasteiger partial charge in [-0.1, -0.05) is 85.6 Å². The van der Waals surface area contributed by atoms with Gasteiger partial charge in [0, 0.05) is 25.5 Å². The fourth-order valence-electron chi connectivity index (χ4n) is 5.40. The number of aromatic nitrogens is 6. The lowest BCUT2D eigenvalue weighted by Gasteiger charge is -2.16. The Balaban J connectivity index is 1.29. The highest BCUT2D eigenvalue weighted by atomic mass is 35.5. The van der Waals surface area contributed by atoms with Crippen LogP contribution in [0.15, 0.2) is 72.8 Å². The number of aryl methyl sites for hydroxylation is 1. The molecule has 0 aliphatic rings. The van der Waals surface area contributed by atoms with E-state index in [-0.39, 0.29) is 42.2 Å². The Bertz CT molecular complexity index is 2160. The summed E-state index contributed by atoms with van der Waals surface area (Å²) in [6, 6.07) is 21.1. The van der Waals surface area contributed by atoms with E-state index in [0.717, 1.165) is 34.3 Å². The van der Waals surface area contributed by atoms with Crippen LogP contribution in [-0.2, 0) is 43.4 Å². The number of tetrazole rings is 1. The van der Waals surface area contributed by atoms with Crippen molar-refractivity contribution in [1.82, 2.24) is 29.8 Å². The number of halogens is 1. The largest absolute Gasteiger partial charge is 0.515 e. The van der Waals surface area contributed by atoms with Gasteiger partial charge in [0.1, 0.15) is 18.2 Å². The van der Waals surface area contributed by atoms with Crippen LogP contribution in [0.1, 0.15) is 74.2 Å². The first-order valence-electron chi connectivity index (χ1n) is 17.5. The molecule has 2 heterocycles. The molecule has 0 aliphatic heterocycles. The van der Waals surface area contributed by atoms with Crippen LogP contribution in [0.4, 0.5) is 9.59 Å². The number of carbonyl (C=O) groups excluding carboxylic acids is 3. The fraction of sp³-hybridized carbons (Fsp3) is 0.324. The maximum absolute atomic E-state index is 13.3. The second kappa shape index (κ2) is 19.2. The first-order chi connectivity index (χ1) is 26.9. The summed E-state index contributed by atoms with van der Waals surface area (Å²) in [5.41, 5.74) is 3.56. The third-order valence-corrected chi connectivity index (χ3v) is 8.24. The van der Waals surface area contributed by atoms with E-state index in [0.29, 0.717) is 23.4 Å². The second-order valence-corrected chi connectivity index (χ2v) is 12.4. The SMILES string of the molecule is CCCCc1nc(Cl)c(C(=O)OC(C)OC(=O)OCC)n1Cc1ccc(-c2ccccc2-c2nnn(C(C)OC(=O)Oc3cccc(CO[N+](=O)[O-])c3)n2)cc1. The minimum absolute atomic E-state index is 0.0279. The van der Waals surface area contributed by atoms with E-state index in [1.165, 1.54) is 26.0 Å². The van der Waals surface area contributed by atoms with Crippen molar-refractivity contribution in [3.63, 3.8) is 0 Å².